The number of carbonyl (C=O) groups excluding carboxylic acids is 1. The molecule has 2 amide bonds. The van der Waals surface area contributed by atoms with Gasteiger partial charge in [-0.15, -0.1) is 30.0 Å². The van der Waals surface area contributed by atoms with Gasteiger partial charge in [-0.2, -0.15) is 0 Å². The Kier molecular flexibility index (Phi) is 9.17. The monoisotopic (exact) mass is 650 g/mol. The summed E-state index contributed by atoms with van der Waals surface area (Å²) in [7, 11) is 0. The molecule has 46 heavy (non-hydrogen) atoms. The van der Waals surface area contributed by atoms with Crippen molar-refractivity contribution in [3.8, 4) is 22.8 Å². The highest BCUT2D eigenvalue weighted by atomic mass is 32.2. The zero-order valence-corrected chi connectivity index (χ0v) is 26.8. The average molecular weight is 651 g/mol. The van der Waals surface area contributed by atoms with Crippen LogP contribution in [0.5, 0.6) is 5.75 Å². The Morgan fingerprint density at radius 1 is 0.978 bits per heavy atom. The molecular weight excluding hydrogens is 613 g/mol. The van der Waals surface area contributed by atoms with Crippen LogP contribution in [0.3, 0.4) is 0 Å². The van der Waals surface area contributed by atoms with Crippen molar-refractivity contribution in [2.24, 2.45) is 0 Å². The van der Waals surface area contributed by atoms with Gasteiger partial charge < -0.3 is 20.3 Å². The molecule has 0 spiro atoms. The summed E-state index contributed by atoms with van der Waals surface area (Å²) >= 11 is 1.77. The van der Waals surface area contributed by atoms with E-state index in [0.29, 0.717) is 17.4 Å². The lowest BCUT2D eigenvalue weighted by atomic mass is 9.96. The number of urea groups is 1. The number of rotatable bonds is 7. The van der Waals surface area contributed by atoms with Crippen LogP contribution in [0, 0.1) is 20.8 Å². The fourth-order valence-electron chi connectivity index (χ4n) is 6.59. The Labute approximate surface area is 270 Å². The molecule has 1 saturated carbocycles. The molecule has 3 atom stereocenters. The number of hydrogen-bond donors (Lipinski definition) is 2. The average Bonchev–Trinajstić information content (AvgIpc) is 3.68. The van der Waals surface area contributed by atoms with Crippen LogP contribution in [0.2, 0.25) is 0 Å². The molecule has 3 unspecified atom stereocenters. The van der Waals surface area contributed by atoms with E-state index in [9.17, 15) is 18.0 Å². The van der Waals surface area contributed by atoms with Crippen molar-refractivity contribution in [2.45, 2.75) is 70.3 Å². The first-order valence-electron chi connectivity index (χ1n) is 15.4. The molecule has 0 bridgehead atoms. The quantitative estimate of drug-likeness (QED) is 0.214. The Morgan fingerprint density at radius 3 is 2.39 bits per heavy atom. The number of ether oxygens (including phenoxy) is 1. The standard InChI is InChI=1S/C34H37F3N6O2S/c1-21-17-22(2)30(23(3)18-21)42-15-4-16-46-33(42)40-32(44)39-27-10-9-26(19-27)24-5-7-25(8-6-24)31-38-20-43(41-31)28-11-13-29(14-12-28)45-34(35,36)37/h5-8,11-14,17-18,20,26-27,33H,4,9-10,15-16,19H2,1-3H3,(H2,39,40,44). The summed E-state index contributed by atoms with van der Waals surface area (Å²) in [5, 5.41) is 11.0. The number of anilines is 1. The lowest BCUT2D eigenvalue weighted by Crippen LogP contribution is -2.53. The molecule has 2 N–H and O–H groups in total. The first kappa shape index (κ1) is 31.8. The van der Waals surface area contributed by atoms with Crippen molar-refractivity contribution in [1.29, 1.82) is 0 Å². The largest absolute Gasteiger partial charge is 0.573 e. The first-order valence-corrected chi connectivity index (χ1v) is 16.5. The molecule has 3 aromatic carbocycles. The van der Waals surface area contributed by atoms with Gasteiger partial charge in [-0.05, 0) is 99.1 Å². The molecule has 242 valence electrons. The molecule has 1 saturated heterocycles. The number of hydrogen-bond acceptors (Lipinski definition) is 6. The van der Waals surface area contributed by atoms with E-state index in [-0.39, 0.29) is 23.3 Å². The molecule has 2 heterocycles. The molecular formula is C34H37F3N6O2S. The summed E-state index contributed by atoms with van der Waals surface area (Å²) in [6.45, 7) is 7.31. The van der Waals surface area contributed by atoms with E-state index in [1.54, 1.807) is 11.8 Å². The van der Waals surface area contributed by atoms with Crippen LogP contribution in [0.4, 0.5) is 23.7 Å². The fraction of sp³-hybridized carbons (Fsp3) is 0.382. The Morgan fingerprint density at radius 2 is 1.70 bits per heavy atom. The second-order valence-electron chi connectivity index (χ2n) is 12.0. The second-order valence-corrected chi connectivity index (χ2v) is 13.2. The number of alkyl halides is 3. The number of aromatic nitrogens is 3. The number of thioether (sulfide) groups is 1. The molecule has 6 rings (SSSR count). The highest BCUT2D eigenvalue weighted by Gasteiger charge is 2.32. The normalized spacial score (nSPS) is 20.0. The van der Waals surface area contributed by atoms with Gasteiger partial charge in [0.1, 0.15) is 12.1 Å². The maximum absolute atomic E-state index is 13.2. The van der Waals surface area contributed by atoms with Gasteiger partial charge in [0.25, 0.3) is 0 Å². The van der Waals surface area contributed by atoms with Crippen molar-refractivity contribution < 1.29 is 22.7 Å². The van der Waals surface area contributed by atoms with Crippen LogP contribution in [0.15, 0.2) is 67.0 Å². The first-order chi connectivity index (χ1) is 22.0. The van der Waals surface area contributed by atoms with Gasteiger partial charge in [0.2, 0.25) is 0 Å². The van der Waals surface area contributed by atoms with Gasteiger partial charge in [0.05, 0.1) is 5.69 Å². The van der Waals surface area contributed by atoms with E-state index < -0.39 is 6.36 Å². The molecule has 4 aromatic rings. The van der Waals surface area contributed by atoms with Gasteiger partial charge in [0.15, 0.2) is 11.3 Å². The molecule has 1 aromatic heterocycles. The number of aryl methyl sites for hydroxylation is 3. The van der Waals surface area contributed by atoms with Crippen molar-refractivity contribution in [1.82, 2.24) is 25.4 Å². The lowest BCUT2D eigenvalue weighted by Gasteiger charge is -2.39. The summed E-state index contributed by atoms with van der Waals surface area (Å²) in [5.41, 5.74) is 7.40. The Bertz CT molecular complexity index is 1650. The second kappa shape index (κ2) is 13.3. The third kappa shape index (κ3) is 7.43. The third-order valence-electron chi connectivity index (χ3n) is 8.51. The number of benzene rings is 3. The number of amides is 2. The molecule has 2 fully saturated rings. The van der Waals surface area contributed by atoms with E-state index in [2.05, 4.69) is 75.4 Å². The third-order valence-corrected chi connectivity index (χ3v) is 9.73. The van der Waals surface area contributed by atoms with Crippen molar-refractivity contribution in [2.75, 3.05) is 17.2 Å². The predicted octanol–water partition coefficient (Wildman–Crippen LogP) is 7.62. The lowest BCUT2D eigenvalue weighted by molar-refractivity contribution is -0.274. The molecule has 1 aliphatic carbocycles. The van der Waals surface area contributed by atoms with Crippen LogP contribution in [-0.2, 0) is 0 Å². The van der Waals surface area contributed by atoms with Crippen LogP contribution < -0.4 is 20.3 Å². The number of carbonyl (C=O) groups is 1. The number of nitrogens with one attached hydrogen (secondary N) is 2. The smallest absolute Gasteiger partial charge is 0.406 e. The van der Waals surface area contributed by atoms with Gasteiger partial charge >= 0.3 is 12.4 Å². The molecule has 2 aliphatic rings. The minimum atomic E-state index is -4.74. The summed E-state index contributed by atoms with van der Waals surface area (Å²) < 4.78 is 42.8. The molecule has 0 radical (unpaired) electrons. The van der Waals surface area contributed by atoms with Gasteiger partial charge in [-0.1, -0.05) is 42.0 Å². The van der Waals surface area contributed by atoms with Crippen LogP contribution in [-0.4, -0.2) is 51.0 Å². The number of nitrogens with zero attached hydrogens (tertiary/aromatic N) is 4. The molecule has 8 nitrogen and oxygen atoms in total. The van der Waals surface area contributed by atoms with Gasteiger partial charge in [-0.25, -0.2) is 14.5 Å². The fourth-order valence-corrected chi connectivity index (χ4v) is 7.69. The Balaban J connectivity index is 1.03. The maximum Gasteiger partial charge on any atom is 0.573 e. The SMILES string of the molecule is Cc1cc(C)c(N2CCCSC2NC(=O)NC2CCC(c3ccc(-c4ncn(-c5ccc(OC(F)(F)F)cc5)n4)cc3)C2)c(C)c1. The molecule has 12 heteroatoms. The number of halogens is 3. The summed E-state index contributed by atoms with van der Waals surface area (Å²) in [4.78, 5) is 19.9. The van der Waals surface area contributed by atoms with Crippen molar-refractivity contribution >= 4 is 23.5 Å². The minimum Gasteiger partial charge on any atom is -0.406 e. The van der Waals surface area contributed by atoms with E-state index >= 15 is 0 Å². The van der Waals surface area contributed by atoms with Crippen LogP contribution >= 0.6 is 11.8 Å². The van der Waals surface area contributed by atoms with Gasteiger partial charge in [-0.3, -0.25) is 0 Å². The zero-order chi connectivity index (χ0) is 32.4. The van der Waals surface area contributed by atoms with E-state index in [0.717, 1.165) is 43.5 Å². The minimum absolute atomic E-state index is 0.0971. The van der Waals surface area contributed by atoms with E-state index in [1.165, 1.54) is 63.2 Å². The molecule has 1 aliphatic heterocycles. The van der Waals surface area contributed by atoms with Crippen LogP contribution in [0.25, 0.3) is 17.1 Å². The van der Waals surface area contributed by atoms with Crippen molar-refractivity contribution in [3.05, 3.63) is 89.2 Å². The Hall–Kier alpha value is -4.19. The maximum atomic E-state index is 13.2. The summed E-state index contributed by atoms with van der Waals surface area (Å²) in [5.74, 6) is 1.56. The zero-order valence-electron chi connectivity index (χ0n) is 26.0. The van der Waals surface area contributed by atoms with E-state index in [1.807, 2.05) is 12.1 Å². The predicted molar refractivity (Wildman–Crippen MR) is 174 cm³/mol. The topological polar surface area (TPSA) is 84.3 Å². The highest BCUT2D eigenvalue weighted by Crippen LogP contribution is 2.36. The summed E-state index contributed by atoms with van der Waals surface area (Å²) in [6, 6.07) is 17.9. The van der Waals surface area contributed by atoms with Gasteiger partial charge in [0, 0.05) is 23.8 Å². The van der Waals surface area contributed by atoms with Crippen molar-refractivity contribution in [3.63, 3.8) is 0 Å². The summed E-state index contributed by atoms with van der Waals surface area (Å²) in [6.07, 6.45) is 0.625. The van der Waals surface area contributed by atoms with Crippen LogP contribution in [0.1, 0.15) is 53.9 Å². The van der Waals surface area contributed by atoms with E-state index in [4.69, 9.17) is 0 Å². The highest BCUT2D eigenvalue weighted by molar-refractivity contribution is 8.00.